The fraction of sp³-hybridized carbons (Fsp3) is 0.200. The van der Waals surface area contributed by atoms with E-state index in [1.54, 1.807) is 12.3 Å². The van der Waals surface area contributed by atoms with Crippen molar-refractivity contribution >= 4 is 21.9 Å². The van der Waals surface area contributed by atoms with Gasteiger partial charge in [0.15, 0.2) is 5.65 Å². The van der Waals surface area contributed by atoms with Gasteiger partial charge in [0.1, 0.15) is 5.82 Å². The van der Waals surface area contributed by atoms with Crippen molar-refractivity contribution < 1.29 is 4.39 Å². The molecule has 0 spiro atoms. The van der Waals surface area contributed by atoms with Gasteiger partial charge in [-0.1, -0.05) is 18.6 Å². The summed E-state index contributed by atoms with van der Waals surface area (Å²) in [6.07, 6.45) is 11.3. The number of fused-ring (bicyclic) bond motifs is 2. The van der Waals surface area contributed by atoms with Crippen molar-refractivity contribution in [1.29, 1.82) is 0 Å². The highest BCUT2D eigenvalue weighted by Crippen LogP contribution is 2.34. The number of halogens is 1. The smallest absolute Gasteiger partial charge is 0.181 e. The minimum Gasteiger partial charge on any atom is -0.353 e. The second-order valence-corrected chi connectivity index (χ2v) is 9.93. The Hall–Kier alpha value is -4.43. The van der Waals surface area contributed by atoms with Crippen LogP contribution in [0.4, 0.5) is 4.39 Å². The van der Waals surface area contributed by atoms with Crippen molar-refractivity contribution in [2.45, 2.75) is 25.8 Å². The van der Waals surface area contributed by atoms with Gasteiger partial charge in [-0.3, -0.25) is 20.0 Å². The molecule has 1 fully saturated rings. The molecule has 5 aromatic heterocycles. The number of nitrogens with one attached hydrogen (secondary N) is 2. The minimum atomic E-state index is -0.287. The van der Waals surface area contributed by atoms with Crippen LogP contribution in [0.2, 0.25) is 0 Å². The molecule has 7 rings (SSSR count). The monoisotopic (exact) mass is 503 g/mol. The molecule has 188 valence electrons. The summed E-state index contributed by atoms with van der Waals surface area (Å²) < 4.78 is 13.9. The fourth-order valence-corrected chi connectivity index (χ4v) is 5.42. The van der Waals surface area contributed by atoms with E-state index in [4.69, 9.17) is 0 Å². The first-order chi connectivity index (χ1) is 18.7. The quantitative estimate of drug-likeness (QED) is 0.286. The Morgan fingerprint density at radius 3 is 2.63 bits per heavy atom. The molecule has 1 aliphatic rings. The fourth-order valence-electron chi connectivity index (χ4n) is 5.42. The lowest BCUT2D eigenvalue weighted by atomic mass is 10.0. The van der Waals surface area contributed by atoms with E-state index in [-0.39, 0.29) is 5.82 Å². The van der Waals surface area contributed by atoms with E-state index < -0.39 is 0 Å². The summed E-state index contributed by atoms with van der Waals surface area (Å²) in [7, 11) is 0. The normalized spacial score (nSPS) is 14.4. The molecule has 6 heterocycles. The first-order valence-electron chi connectivity index (χ1n) is 13.0. The van der Waals surface area contributed by atoms with E-state index in [1.807, 2.05) is 36.8 Å². The minimum absolute atomic E-state index is 0.287. The molecule has 0 bridgehead atoms. The molecular weight excluding hydrogens is 477 g/mol. The summed E-state index contributed by atoms with van der Waals surface area (Å²) in [5.41, 5.74) is 7.96. The Kier molecular flexibility index (Phi) is 5.66. The van der Waals surface area contributed by atoms with Gasteiger partial charge in [0, 0.05) is 64.3 Å². The van der Waals surface area contributed by atoms with Gasteiger partial charge in [0.05, 0.1) is 17.1 Å². The van der Waals surface area contributed by atoms with Crippen LogP contribution in [0.15, 0.2) is 73.3 Å². The summed E-state index contributed by atoms with van der Waals surface area (Å²) in [6, 6.07) is 14.8. The lowest BCUT2D eigenvalue weighted by Gasteiger charge is -2.26. The lowest BCUT2D eigenvalue weighted by molar-refractivity contribution is 0.220. The first-order valence-corrected chi connectivity index (χ1v) is 13.0. The van der Waals surface area contributed by atoms with Crippen molar-refractivity contribution in [2.24, 2.45) is 0 Å². The highest BCUT2D eigenvalue weighted by Gasteiger charge is 2.16. The van der Waals surface area contributed by atoms with E-state index >= 15 is 0 Å². The number of piperidine rings is 1. The van der Waals surface area contributed by atoms with Gasteiger partial charge < -0.3 is 4.98 Å². The topological polar surface area (TPSA) is 86.4 Å². The number of H-pyrrole nitrogens is 2. The zero-order valence-electron chi connectivity index (χ0n) is 20.8. The molecule has 0 atom stereocenters. The zero-order valence-corrected chi connectivity index (χ0v) is 20.8. The van der Waals surface area contributed by atoms with Crippen LogP contribution in [0.25, 0.3) is 55.7 Å². The molecule has 1 aliphatic heterocycles. The third-order valence-corrected chi connectivity index (χ3v) is 7.31. The van der Waals surface area contributed by atoms with Gasteiger partial charge in [-0.2, -0.15) is 5.10 Å². The summed E-state index contributed by atoms with van der Waals surface area (Å²) in [5.74, 6) is -0.287. The summed E-state index contributed by atoms with van der Waals surface area (Å²) >= 11 is 0. The van der Waals surface area contributed by atoms with Crippen molar-refractivity contribution in [1.82, 2.24) is 35.0 Å². The van der Waals surface area contributed by atoms with Gasteiger partial charge in [-0.15, -0.1) is 0 Å². The predicted molar refractivity (Wildman–Crippen MR) is 147 cm³/mol. The number of nitrogens with zero attached hydrogens (tertiary/aromatic N) is 5. The molecular formula is C30H26FN7. The number of hydrogen-bond acceptors (Lipinski definition) is 5. The Morgan fingerprint density at radius 1 is 0.842 bits per heavy atom. The summed E-state index contributed by atoms with van der Waals surface area (Å²) in [4.78, 5) is 19.7. The molecule has 0 unspecified atom stereocenters. The standard InChI is InChI=1S/C30H26FN7/c31-23-6-4-5-20(12-23)28-24-14-27(35-26(24)7-8-33-28)29-25-13-22(17-34-30(25)37-36-29)21-11-19(15-32-16-21)18-38-9-2-1-3-10-38/h4-8,11-17,35H,1-3,9-10,18H2,(H,34,36,37). The molecule has 0 amide bonds. The molecule has 1 saturated heterocycles. The molecule has 2 N–H and O–H groups in total. The van der Waals surface area contributed by atoms with Gasteiger partial charge in [0.25, 0.3) is 0 Å². The van der Waals surface area contributed by atoms with Crippen LogP contribution >= 0.6 is 0 Å². The maximum absolute atomic E-state index is 13.9. The molecule has 7 nitrogen and oxygen atoms in total. The van der Waals surface area contributed by atoms with Crippen LogP contribution in [0.1, 0.15) is 24.8 Å². The summed E-state index contributed by atoms with van der Waals surface area (Å²) in [5, 5.41) is 9.42. The maximum Gasteiger partial charge on any atom is 0.181 e. The Morgan fingerprint density at radius 2 is 1.74 bits per heavy atom. The largest absolute Gasteiger partial charge is 0.353 e. The van der Waals surface area contributed by atoms with Gasteiger partial charge in [0.2, 0.25) is 0 Å². The van der Waals surface area contributed by atoms with Crippen LogP contribution < -0.4 is 0 Å². The van der Waals surface area contributed by atoms with Crippen LogP contribution in [0.3, 0.4) is 0 Å². The van der Waals surface area contributed by atoms with Crippen LogP contribution in [0, 0.1) is 5.82 Å². The van der Waals surface area contributed by atoms with Crippen molar-refractivity contribution in [3.63, 3.8) is 0 Å². The summed E-state index contributed by atoms with van der Waals surface area (Å²) in [6.45, 7) is 3.22. The maximum atomic E-state index is 13.9. The third kappa shape index (κ3) is 4.22. The van der Waals surface area contributed by atoms with E-state index in [9.17, 15) is 4.39 Å². The van der Waals surface area contributed by atoms with Crippen LogP contribution in [0.5, 0.6) is 0 Å². The first kappa shape index (κ1) is 22.7. The number of likely N-dealkylation sites (tertiary alicyclic amines) is 1. The molecule has 0 saturated carbocycles. The van der Waals surface area contributed by atoms with E-state index in [0.29, 0.717) is 5.65 Å². The Balaban J connectivity index is 1.26. The molecule has 1 aromatic carbocycles. The van der Waals surface area contributed by atoms with E-state index in [0.717, 1.165) is 69.7 Å². The highest BCUT2D eigenvalue weighted by atomic mass is 19.1. The number of rotatable bonds is 5. The van der Waals surface area contributed by atoms with Crippen molar-refractivity contribution in [3.05, 3.63) is 84.7 Å². The van der Waals surface area contributed by atoms with Crippen molar-refractivity contribution in [2.75, 3.05) is 13.1 Å². The van der Waals surface area contributed by atoms with Crippen molar-refractivity contribution in [3.8, 4) is 33.8 Å². The molecule has 0 aliphatic carbocycles. The number of aromatic nitrogens is 6. The van der Waals surface area contributed by atoms with Crippen LogP contribution in [-0.4, -0.2) is 48.1 Å². The third-order valence-electron chi connectivity index (χ3n) is 7.31. The zero-order chi connectivity index (χ0) is 25.5. The van der Waals surface area contributed by atoms with Crippen LogP contribution in [-0.2, 0) is 6.54 Å². The second-order valence-electron chi connectivity index (χ2n) is 9.93. The Bertz CT molecular complexity index is 1760. The average molecular weight is 504 g/mol. The number of hydrogen-bond donors (Lipinski definition) is 2. The Labute approximate surface area is 218 Å². The number of benzene rings is 1. The molecule has 38 heavy (non-hydrogen) atoms. The average Bonchev–Trinajstić information content (AvgIpc) is 3.57. The van der Waals surface area contributed by atoms with Gasteiger partial charge >= 0.3 is 0 Å². The predicted octanol–water partition coefficient (Wildman–Crippen LogP) is 6.36. The highest BCUT2D eigenvalue weighted by molar-refractivity contribution is 5.99. The number of aromatic amines is 2. The van der Waals surface area contributed by atoms with Gasteiger partial charge in [-0.05, 0) is 67.9 Å². The lowest BCUT2D eigenvalue weighted by Crippen LogP contribution is -2.29. The molecule has 6 aromatic rings. The molecule has 0 radical (unpaired) electrons. The van der Waals surface area contributed by atoms with Gasteiger partial charge in [-0.25, -0.2) is 9.37 Å². The van der Waals surface area contributed by atoms with E-state index in [2.05, 4.69) is 47.2 Å². The molecule has 8 heteroatoms. The van der Waals surface area contributed by atoms with E-state index in [1.165, 1.54) is 37.0 Å². The second kappa shape index (κ2) is 9.46. The number of pyridine rings is 3. The SMILES string of the molecule is Fc1cccc(-c2nccc3[nH]c(-c4[nH]nc5ncc(-c6cncc(CN7CCCCC7)c6)cc45)cc23)c1.